The van der Waals surface area contributed by atoms with E-state index in [1.54, 1.807) is 0 Å². The van der Waals surface area contributed by atoms with E-state index in [0.717, 1.165) is 18.0 Å². The van der Waals surface area contributed by atoms with Crippen LogP contribution >= 0.6 is 0 Å². The second-order valence-electron chi connectivity index (χ2n) is 6.74. The summed E-state index contributed by atoms with van der Waals surface area (Å²) in [5.41, 5.74) is 6.15. The first-order chi connectivity index (χ1) is 11.7. The van der Waals surface area contributed by atoms with Crippen molar-refractivity contribution in [2.45, 2.75) is 26.3 Å². The Labute approximate surface area is 142 Å². The van der Waals surface area contributed by atoms with Gasteiger partial charge in [-0.2, -0.15) is 0 Å². The number of nitrogens with one attached hydrogen (secondary N) is 2. The van der Waals surface area contributed by atoms with E-state index < -0.39 is 0 Å². The highest BCUT2D eigenvalue weighted by Gasteiger charge is 2.14. The number of H-pyrrole nitrogens is 1. The zero-order valence-electron chi connectivity index (χ0n) is 14.4. The molecule has 0 radical (unpaired) electrons. The molecule has 2 N–H and O–H groups in total. The number of aromatic amines is 1. The maximum absolute atomic E-state index is 4.59. The fourth-order valence-corrected chi connectivity index (χ4v) is 3.71. The Hall–Kier alpha value is -2.33. The van der Waals surface area contributed by atoms with Gasteiger partial charge in [-0.1, -0.05) is 17.7 Å². The summed E-state index contributed by atoms with van der Waals surface area (Å²) in [5, 5.41) is 4.34. The number of benzene rings is 1. The highest BCUT2D eigenvalue weighted by atomic mass is 15.1. The van der Waals surface area contributed by atoms with Crippen LogP contribution in [-0.4, -0.2) is 35.0 Å². The number of aromatic nitrogens is 2. The highest BCUT2D eigenvalue weighted by Crippen LogP contribution is 2.31. The summed E-state index contributed by atoms with van der Waals surface area (Å²) in [6.07, 6.45) is 4.62. The molecule has 3 heterocycles. The minimum Gasteiger partial charge on any atom is -0.373 e. The van der Waals surface area contributed by atoms with E-state index >= 15 is 0 Å². The highest BCUT2D eigenvalue weighted by molar-refractivity contribution is 5.94. The Kier molecular flexibility index (Phi) is 3.98. The number of hydrogen-bond acceptors (Lipinski definition) is 3. The normalized spacial score (nSPS) is 15.2. The minimum atomic E-state index is 0.891. The average molecular weight is 320 g/mol. The number of aryl methyl sites for hydroxylation is 1. The summed E-state index contributed by atoms with van der Waals surface area (Å²) < 4.78 is 0. The molecule has 1 saturated heterocycles. The molecule has 124 valence electrons. The van der Waals surface area contributed by atoms with Gasteiger partial charge in [0.1, 0.15) is 11.5 Å². The first-order valence-electron chi connectivity index (χ1n) is 8.72. The SMILES string of the molecule is CNc1cc(-c2cc(C)cc(CN3CCCC3)c2)c2cc[nH]c2n1. The zero-order valence-corrected chi connectivity index (χ0v) is 14.4. The predicted octanol–water partition coefficient (Wildman–Crippen LogP) is 4.18. The van der Waals surface area contributed by atoms with E-state index in [0.29, 0.717) is 0 Å². The Morgan fingerprint density at radius 1 is 1.17 bits per heavy atom. The van der Waals surface area contributed by atoms with Gasteiger partial charge in [-0.25, -0.2) is 4.98 Å². The largest absolute Gasteiger partial charge is 0.373 e. The van der Waals surface area contributed by atoms with Crippen molar-refractivity contribution < 1.29 is 0 Å². The van der Waals surface area contributed by atoms with E-state index in [1.165, 1.54) is 53.6 Å². The molecule has 3 aromatic rings. The van der Waals surface area contributed by atoms with Crippen LogP contribution in [0.15, 0.2) is 36.5 Å². The molecule has 0 spiro atoms. The van der Waals surface area contributed by atoms with Crippen molar-refractivity contribution in [3.05, 3.63) is 47.7 Å². The summed E-state index contributed by atoms with van der Waals surface area (Å²) in [4.78, 5) is 10.4. The molecule has 0 amide bonds. The molecule has 24 heavy (non-hydrogen) atoms. The summed E-state index contributed by atoms with van der Waals surface area (Å²) in [5.74, 6) is 0.891. The average Bonchev–Trinajstić information content (AvgIpc) is 3.24. The fraction of sp³-hybridized carbons (Fsp3) is 0.350. The van der Waals surface area contributed by atoms with E-state index in [1.807, 2.05) is 13.2 Å². The topological polar surface area (TPSA) is 44.0 Å². The summed E-state index contributed by atoms with van der Waals surface area (Å²) in [6, 6.07) is 11.2. The number of rotatable bonds is 4. The molecule has 4 rings (SSSR count). The smallest absolute Gasteiger partial charge is 0.140 e. The lowest BCUT2D eigenvalue weighted by Gasteiger charge is -2.16. The van der Waals surface area contributed by atoms with Gasteiger partial charge in [0.25, 0.3) is 0 Å². The van der Waals surface area contributed by atoms with E-state index in [-0.39, 0.29) is 0 Å². The van der Waals surface area contributed by atoms with Gasteiger partial charge in [-0.05, 0) is 67.7 Å². The summed E-state index contributed by atoms with van der Waals surface area (Å²) in [7, 11) is 1.91. The summed E-state index contributed by atoms with van der Waals surface area (Å²) in [6.45, 7) is 5.69. The van der Waals surface area contributed by atoms with Crippen LogP contribution in [0.5, 0.6) is 0 Å². The fourth-order valence-electron chi connectivity index (χ4n) is 3.71. The maximum Gasteiger partial charge on any atom is 0.140 e. The lowest BCUT2D eigenvalue weighted by molar-refractivity contribution is 0.331. The molecular formula is C20H24N4. The maximum atomic E-state index is 4.59. The molecule has 4 heteroatoms. The second kappa shape index (κ2) is 6.29. The molecule has 1 aliphatic rings. The first kappa shape index (κ1) is 15.2. The summed E-state index contributed by atoms with van der Waals surface area (Å²) >= 11 is 0. The molecular weight excluding hydrogens is 296 g/mol. The molecule has 0 atom stereocenters. The van der Waals surface area contributed by atoms with Crippen molar-refractivity contribution in [3.8, 4) is 11.1 Å². The standard InChI is InChI=1S/C20H24N4/c1-14-9-15(13-24-7-3-4-8-24)11-16(10-14)18-12-19(21-2)23-20-17(18)5-6-22-20/h5-6,9-12H,3-4,7-8,13H2,1-2H3,(H2,21,22,23). The Morgan fingerprint density at radius 3 is 2.79 bits per heavy atom. The quantitative estimate of drug-likeness (QED) is 0.758. The lowest BCUT2D eigenvalue weighted by Crippen LogP contribution is -2.18. The molecule has 1 aliphatic heterocycles. The van der Waals surface area contributed by atoms with Crippen molar-refractivity contribution in [2.24, 2.45) is 0 Å². The number of hydrogen-bond donors (Lipinski definition) is 2. The van der Waals surface area contributed by atoms with Crippen LogP contribution in [0, 0.1) is 6.92 Å². The number of pyridine rings is 1. The Balaban J connectivity index is 1.78. The van der Waals surface area contributed by atoms with Crippen LogP contribution < -0.4 is 5.32 Å². The minimum absolute atomic E-state index is 0.891. The van der Waals surface area contributed by atoms with Crippen molar-refractivity contribution in [3.63, 3.8) is 0 Å². The molecule has 1 aromatic carbocycles. The van der Waals surface area contributed by atoms with Crippen molar-refractivity contribution in [1.82, 2.24) is 14.9 Å². The third kappa shape index (κ3) is 2.89. The Bertz CT molecular complexity index is 859. The van der Waals surface area contributed by atoms with Gasteiger partial charge < -0.3 is 10.3 Å². The molecule has 0 saturated carbocycles. The second-order valence-corrected chi connectivity index (χ2v) is 6.74. The van der Waals surface area contributed by atoms with Gasteiger partial charge in [-0.15, -0.1) is 0 Å². The van der Waals surface area contributed by atoms with E-state index in [4.69, 9.17) is 0 Å². The van der Waals surface area contributed by atoms with Crippen LogP contribution in [0.3, 0.4) is 0 Å². The van der Waals surface area contributed by atoms with Crippen LogP contribution in [0.1, 0.15) is 24.0 Å². The zero-order chi connectivity index (χ0) is 16.5. The van der Waals surface area contributed by atoms with Crippen molar-refractivity contribution >= 4 is 16.9 Å². The van der Waals surface area contributed by atoms with Crippen molar-refractivity contribution in [2.75, 3.05) is 25.5 Å². The predicted molar refractivity (Wildman–Crippen MR) is 100 cm³/mol. The molecule has 1 fully saturated rings. The third-order valence-electron chi connectivity index (χ3n) is 4.84. The Morgan fingerprint density at radius 2 is 2.00 bits per heavy atom. The van der Waals surface area contributed by atoms with Gasteiger partial charge in [0.05, 0.1) is 0 Å². The van der Waals surface area contributed by atoms with Gasteiger partial charge in [0, 0.05) is 25.2 Å². The molecule has 4 nitrogen and oxygen atoms in total. The third-order valence-corrected chi connectivity index (χ3v) is 4.84. The van der Waals surface area contributed by atoms with Gasteiger partial charge in [-0.3, -0.25) is 4.90 Å². The van der Waals surface area contributed by atoms with Gasteiger partial charge >= 0.3 is 0 Å². The van der Waals surface area contributed by atoms with Crippen LogP contribution in [0.2, 0.25) is 0 Å². The molecule has 0 unspecified atom stereocenters. The van der Waals surface area contributed by atoms with Gasteiger partial charge in [0.2, 0.25) is 0 Å². The number of likely N-dealkylation sites (tertiary alicyclic amines) is 1. The number of nitrogens with zero attached hydrogens (tertiary/aromatic N) is 2. The first-order valence-corrected chi connectivity index (χ1v) is 8.72. The number of anilines is 1. The van der Waals surface area contributed by atoms with Crippen LogP contribution in [-0.2, 0) is 6.54 Å². The molecule has 0 aliphatic carbocycles. The molecule has 2 aromatic heterocycles. The van der Waals surface area contributed by atoms with Crippen molar-refractivity contribution in [1.29, 1.82) is 0 Å². The van der Waals surface area contributed by atoms with E-state index in [2.05, 4.69) is 57.4 Å². The molecule has 0 bridgehead atoms. The van der Waals surface area contributed by atoms with Crippen LogP contribution in [0.25, 0.3) is 22.2 Å². The van der Waals surface area contributed by atoms with E-state index in [9.17, 15) is 0 Å². The number of fused-ring (bicyclic) bond motifs is 1. The lowest BCUT2D eigenvalue weighted by atomic mass is 9.98. The monoisotopic (exact) mass is 320 g/mol. The van der Waals surface area contributed by atoms with Gasteiger partial charge in [0.15, 0.2) is 0 Å². The van der Waals surface area contributed by atoms with Crippen LogP contribution in [0.4, 0.5) is 5.82 Å².